The molecule has 4 rings (SSSR count). The Morgan fingerprint density at radius 2 is 1.72 bits per heavy atom. The van der Waals surface area contributed by atoms with Crippen molar-refractivity contribution in [3.05, 3.63) is 47.3 Å². The number of amides is 1. The van der Waals surface area contributed by atoms with Crippen LogP contribution in [0.25, 0.3) is 0 Å². The molecule has 156 valence electrons. The topological polar surface area (TPSA) is 71.4 Å². The van der Waals surface area contributed by atoms with Gasteiger partial charge in [-0.2, -0.15) is 4.31 Å². The third-order valence-corrected chi connectivity index (χ3v) is 7.83. The van der Waals surface area contributed by atoms with Crippen LogP contribution in [0.3, 0.4) is 0 Å². The summed E-state index contributed by atoms with van der Waals surface area (Å²) >= 11 is 0. The summed E-state index contributed by atoms with van der Waals surface area (Å²) in [6.07, 6.45) is 6.25. The van der Waals surface area contributed by atoms with E-state index in [2.05, 4.69) is 9.88 Å². The van der Waals surface area contributed by atoms with Crippen molar-refractivity contribution in [2.45, 2.75) is 63.3 Å². The van der Waals surface area contributed by atoms with Gasteiger partial charge in [-0.05, 0) is 63.8 Å². The molecular weight excluding hydrogens is 386 g/mol. The van der Waals surface area contributed by atoms with E-state index in [9.17, 15) is 13.2 Å². The molecule has 2 aromatic rings. The van der Waals surface area contributed by atoms with Gasteiger partial charge < -0.3 is 9.88 Å². The maximum Gasteiger partial charge on any atom is 0.257 e. The van der Waals surface area contributed by atoms with Gasteiger partial charge in [0.2, 0.25) is 10.0 Å². The second-order valence-electron chi connectivity index (χ2n) is 8.19. The van der Waals surface area contributed by atoms with Crippen molar-refractivity contribution < 1.29 is 13.2 Å². The Bertz CT molecular complexity index is 1010. The third-order valence-electron chi connectivity index (χ3n) is 5.94. The van der Waals surface area contributed by atoms with Crippen LogP contribution in [0, 0.1) is 13.8 Å². The summed E-state index contributed by atoms with van der Waals surface area (Å²) < 4.78 is 29.9. The normalized spacial score (nSPS) is 18.4. The molecule has 1 N–H and O–H groups in total. The fraction of sp³-hybridized carbons (Fsp3) is 0.500. The van der Waals surface area contributed by atoms with Crippen LogP contribution in [-0.2, 0) is 10.0 Å². The number of anilines is 1. The molecule has 1 saturated carbocycles. The Morgan fingerprint density at radius 1 is 1.03 bits per heavy atom. The zero-order valence-electron chi connectivity index (χ0n) is 17.1. The summed E-state index contributed by atoms with van der Waals surface area (Å²) in [6.45, 7) is 5.12. The summed E-state index contributed by atoms with van der Waals surface area (Å²) in [4.78, 5) is 13.1. The van der Waals surface area contributed by atoms with Gasteiger partial charge >= 0.3 is 0 Å². The maximum absolute atomic E-state index is 13.0. The van der Waals surface area contributed by atoms with Crippen LogP contribution in [0.1, 0.15) is 66.3 Å². The Morgan fingerprint density at radius 3 is 2.38 bits per heavy atom. The quantitative estimate of drug-likeness (QED) is 0.793. The molecule has 1 saturated heterocycles. The van der Waals surface area contributed by atoms with Gasteiger partial charge in [-0.3, -0.25) is 4.79 Å². The summed E-state index contributed by atoms with van der Waals surface area (Å²) in [5.41, 5.74) is 3.21. The van der Waals surface area contributed by atoms with Crippen molar-refractivity contribution in [2.24, 2.45) is 0 Å². The van der Waals surface area contributed by atoms with E-state index in [-0.39, 0.29) is 10.8 Å². The van der Waals surface area contributed by atoms with Crippen molar-refractivity contribution in [3.8, 4) is 0 Å². The Balaban J connectivity index is 1.55. The summed E-state index contributed by atoms with van der Waals surface area (Å²) in [5, 5.41) is 2.89. The second-order valence-corrected chi connectivity index (χ2v) is 10.1. The van der Waals surface area contributed by atoms with Crippen molar-refractivity contribution in [1.29, 1.82) is 0 Å². The number of aryl methyl sites for hydroxylation is 1. The number of benzene rings is 1. The fourth-order valence-electron chi connectivity index (χ4n) is 4.27. The number of sulfonamides is 1. The molecule has 1 aliphatic carbocycles. The van der Waals surface area contributed by atoms with Crippen LogP contribution >= 0.6 is 0 Å². The zero-order chi connectivity index (χ0) is 20.6. The number of carbonyl (C=O) groups is 1. The number of aromatic nitrogens is 1. The molecule has 0 unspecified atom stereocenters. The highest BCUT2D eigenvalue weighted by Crippen LogP contribution is 2.38. The molecule has 6 nitrogen and oxygen atoms in total. The lowest BCUT2D eigenvalue weighted by Crippen LogP contribution is -2.32. The Kier molecular flexibility index (Phi) is 5.53. The van der Waals surface area contributed by atoms with Crippen molar-refractivity contribution in [3.63, 3.8) is 0 Å². The van der Waals surface area contributed by atoms with E-state index in [0.29, 0.717) is 30.4 Å². The van der Waals surface area contributed by atoms with Crippen LogP contribution < -0.4 is 5.32 Å². The highest BCUT2D eigenvalue weighted by atomic mass is 32.2. The number of nitrogens with zero attached hydrogens (tertiary/aromatic N) is 2. The maximum atomic E-state index is 13.0. The van der Waals surface area contributed by atoms with E-state index in [1.807, 2.05) is 19.9 Å². The molecule has 2 fully saturated rings. The van der Waals surface area contributed by atoms with Gasteiger partial charge in [0.25, 0.3) is 5.91 Å². The SMILES string of the molecule is Cc1cc(C(=O)Nc2cccc(S(=O)(=O)N3CCCCCC3)c2)c(C)n1C1CC1. The first-order chi connectivity index (χ1) is 13.9. The van der Waals surface area contributed by atoms with Gasteiger partial charge in [-0.25, -0.2) is 8.42 Å². The van der Waals surface area contributed by atoms with Crippen molar-refractivity contribution in [1.82, 2.24) is 8.87 Å². The summed E-state index contributed by atoms with van der Waals surface area (Å²) in [6, 6.07) is 9.03. The number of rotatable bonds is 5. The number of hydrogen-bond donors (Lipinski definition) is 1. The molecule has 2 heterocycles. The predicted molar refractivity (Wildman–Crippen MR) is 114 cm³/mol. The lowest BCUT2D eigenvalue weighted by Gasteiger charge is -2.20. The monoisotopic (exact) mass is 415 g/mol. The van der Waals surface area contributed by atoms with Gasteiger partial charge in [-0.1, -0.05) is 18.9 Å². The first-order valence-corrected chi connectivity index (χ1v) is 11.9. The van der Waals surface area contributed by atoms with E-state index in [4.69, 9.17) is 0 Å². The van der Waals surface area contributed by atoms with Crippen LogP contribution in [0.15, 0.2) is 35.2 Å². The van der Waals surface area contributed by atoms with Gasteiger partial charge in [-0.15, -0.1) is 0 Å². The first kappa shape index (κ1) is 20.2. The van der Waals surface area contributed by atoms with Crippen molar-refractivity contribution in [2.75, 3.05) is 18.4 Å². The molecule has 2 aliphatic rings. The Labute approximate surface area is 173 Å². The third kappa shape index (κ3) is 4.12. The largest absolute Gasteiger partial charge is 0.345 e. The highest BCUT2D eigenvalue weighted by molar-refractivity contribution is 7.89. The van der Waals surface area contributed by atoms with Gasteiger partial charge in [0, 0.05) is 36.2 Å². The molecule has 1 aromatic carbocycles. The molecular formula is C22H29N3O3S. The molecule has 0 bridgehead atoms. The molecule has 1 amide bonds. The number of nitrogens with one attached hydrogen (secondary N) is 1. The lowest BCUT2D eigenvalue weighted by molar-refractivity contribution is 0.102. The minimum atomic E-state index is -3.54. The van der Waals surface area contributed by atoms with Crippen LogP contribution in [0.5, 0.6) is 0 Å². The van der Waals surface area contributed by atoms with Crippen molar-refractivity contribution >= 4 is 21.6 Å². The van der Waals surface area contributed by atoms with E-state index >= 15 is 0 Å². The lowest BCUT2D eigenvalue weighted by atomic mass is 10.2. The second kappa shape index (κ2) is 7.95. The van der Waals surface area contributed by atoms with Crippen LogP contribution in [0.4, 0.5) is 5.69 Å². The minimum absolute atomic E-state index is 0.200. The standard InChI is InChI=1S/C22H29N3O3S/c1-16-14-21(17(2)25(16)19-10-11-19)22(26)23-18-8-7-9-20(15-18)29(27,28)24-12-5-3-4-6-13-24/h7-9,14-15,19H,3-6,10-13H2,1-2H3,(H,23,26). The number of carbonyl (C=O) groups excluding carboxylic acids is 1. The summed E-state index contributed by atoms with van der Waals surface area (Å²) in [7, 11) is -3.54. The van der Waals surface area contributed by atoms with Crippen LogP contribution in [0.2, 0.25) is 0 Å². The molecule has 0 spiro atoms. The van der Waals surface area contributed by atoms with E-state index in [1.54, 1.807) is 28.6 Å². The first-order valence-electron chi connectivity index (χ1n) is 10.5. The van der Waals surface area contributed by atoms with E-state index < -0.39 is 10.0 Å². The smallest absolute Gasteiger partial charge is 0.257 e. The van der Waals surface area contributed by atoms with E-state index in [0.717, 1.165) is 49.9 Å². The molecule has 1 aromatic heterocycles. The zero-order valence-corrected chi connectivity index (χ0v) is 18.0. The summed E-state index contributed by atoms with van der Waals surface area (Å²) in [5.74, 6) is -0.200. The predicted octanol–water partition coefficient (Wildman–Crippen LogP) is 4.26. The molecule has 1 aliphatic heterocycles. The fourth-order valence-corrected chi connectivity index (χ4v) is 5.83. The van der Waals surface area contributed by atoms with Gasteiger partial charge in [0.15, 0.2) is 0 Å². The Hall–Kier alpha value is -2.12. The van der Waals surface area contributed by atoms with Gasteiger partial charge in [0.1, 0.15) is 0 Å². The minimum Gasteiger partial charge on any atom is -0.345 e. The molecule has 29 heavy (non-hydrogen) atoms. The van der Waals surface area contributed by atoms with Gasteiger partial charge in [0.05, 0.1) is 10.5 Å². The average Bonchev–Trinajstić information content (AvgIpc) is 3.50. The van der Waals surface area contributed by atoms with Crippen LogP contribution in [-0.4, -0.2) is 36.3 Å². The molecule has 7 heteroatoms. The molecule has 0 atom stereocenters. The average molecular weight is 416 g/mol. The number of hydrogen-bond acceptors (Lipinski definition) is 3. The van der Waals surface area contributed by atoms with E-state index in [1.165, 1.54) is 0 Å². The highest BCUT2D eigenvalue weighted by Gasteiger charge is 2.29. The molecule has 0 radical (unpaired) electrons.